The van der Waals surface area contributed by atoms with Crippen molar-refractivity contribution < 1.29 is 24.5 Å². The van der Waals surface area contributed by atoms with Crippen LogP contribution >= 0.6 is 0 Å². The molecule has 4 aromatic carbocycles. The summed E-state index contributed by atoms with van der Waals surface area (Å²) in [6.45, 7) is 0.427. The van der Waals surface area contributed by atoms with Gasteiger partial charge in [-0.1, -0.05) is 84.0 Å². The van der Waals surface area contributed by atoms with Crippen molar-refractivity contribution >= 4 is 17.5 Å². The molecule has 0 radical (unpaired) electrons. The molecule has 4 aromatic rings. The van der Waals surface area contributed by atoms with Crippen molar-refractivity contribution in [1.82, 2.24) is 10.9 Å². The van der Waals surface area contributed by atoms with Gasteiger partial charge in [0.05, 0.1) is 12.7 Å². The third kappa shape index (κ3) is 7.93. The summed E-state index contributed by atoms with van der Waals surface area (Å²) in [7, 11) is 0. The van der Waals surface area contributed by atoms with Gasteiger partial charge in [0.25, 0.3) is 5.91 Å². The topological polar surface area (TPSA) is 161 Å². The van der Waals surface area contributed by atoms with Crippen molar-refractivity contribution in [3.63, 3.8) is 0 Å². The van der Waals surface area contributed by atoms with Gasteiger partial charge < -0.3 is 19.7 Å². The summed E-state index contributed by atoms with van der Waals surface area (Å²) in [6.07, 6.45) is 2.17. The van der Waals surface area contributed by atoms with Gasteiger partial charge in [0.15, 0.2) is 11.6 Å². The van der Waals surface area contributed by atoms with Gasteiger partial charge in [-0.2, -0.15) is 0 Å². The lowest BCUT2D eigenvalue weighted by atomic mass is 9.81. The molecule has 4 N–H and O–H groups in total. The zero-order valence-corrected chi connectivity index (χ0v) is 27.1. The van der Waals surface area contributed by atoms with Gasteiger partial charge in [0, 0.05) is 41.7 Å². The second-order valence-corrected chi connectivity index (χ2v) is 12.4. The van der Waals surface area contributed by atoms with Crippen molar-refractivity contribution in [2.45, 2.75) is 62.3 Å². The molecule has 252 valence electrons. The average molecular weight is 661 g/mol. The molecule has 0 bridgehead atoms. The fourth-order valence-electron chi connectivity index (χ4n) is 6.36. The monoisotopic (exact) mass is 660 g/mol. The predicted octanol–water partition coefficient (Wildman–Crippen LogP) is 6.48. The summed E-state index contributed by atoms with van der Waals surface area (Å²) in [6, 6.07) is 32.4. The van der Waals surface area contributed by atoms with Crippen LogP contribution < -0.4 is 15.6 Å². The van der Waals surface area contributed by atoms with Gasteiger partial charge >= 0.3 is 0 Å². The first kappa shape index (κ1) is 33.7. The SMILES string of the molecule is [N-]=[N+]=Nc1ccccc1C[C@]1(C(=O)NNC2CCC(O)CC2)N=C(c2ccc(OCCCO)cc2)O[C@H]1c1ccc(-c2ccccc2)cc1. The zero-order chi connectivity index (χ0) is 34.1. The van der Waals surface area contributed by atoms with Crippen molar-refractivity contribution in [2.24, 2.45) is 10.1 Å². The molecule has 49 heavy (non-hydrogen) atoms. The van der Waals surface area contributed by atoms with Gasteiger partial charge in [-0.05, 0) is 77.7 Å². The van der Waals surface area contributed by atoms with E-state index < -0.39 is 17.6 Å². The van der Waals surface area contributed by atoms with Crippen molar-refractivity contribution in [3.05, 3.63) is 130 Å². The first-order chi connectivity index (χ1) is 24.0. The lowest BCUT2D eigenvalue weighted by molar-refractivity contribution is -0.130. The average Bonchev–Trinajstić information content (AvgIpc) is 3.53. The van der Waals surface area contributed by atoms with E-state index in [2.05, 4.69) is 20.9 Å². The highest BCUT2D eigenvalue weighted by atomic mass is 16.5. The Hall–Kier alpha value is -5.19. The molecule has 1 heterocycles. The third-order valence-electron chi connectivity index (χ3n) is 9.04. The number of carbonyl (C=O) groups excluding carboxylic acids is 1. The van der Waals surface area contributed by atoms with Crippen LogP contribution in [0.15, 0.2) is 113 Å². The number of carbonyl (C=O) groups is 1. The molecule has 1 amide bonds. The lowest BCUT2D eigenvalue weighted by Gasteiger charge is -2.33. The van der Waals surface area contributed by atoms with Crippen LogP contribution in [0.25, 0.3) is 21.6 Å². The van der Waals surface area contributed by atoms with Crippen molar-refractivity contribution in [2.75, 3.05) is 13.2 Å². The number of ether oxygens (including phenoxy) is 2. The van der Waals surface area contributed by atoms with Crippen LogP contribution in [-0.4, -0.2) is 52.9 Å². The first-order valence-corrected chi connectivity index (χ1v) is 16.6. The van der Waals surface area contributed by atoms with Crippen LogP contribution in [0.3, 0.4) is 0 Å². The summed E-state index contributed by atoms with van der Waals surface area (Å²) < 4.78 is 12.4. The van der Waals surface area contributed by atoms with E-state index in [0.29, 0.717) is 48.4 Å². The number of hydrogen-bond acceptors (Lipinski definition) is 8. The number of benzene rings is 4. The Morgan fingerprint density at radius 3 is 2.31 bits per heavy atom. The molecule has 6 rings (SSSR count). The van der Waals surface area contributed by atoms with E-state index in [-0.39, 0.29) is 31.1 Å². The van der Waals surface area contributed by atoms with Crippen LogP contribution in [0.1, 0.15) is 54.9 Å². The van der Waals surface area contributed by atoms with Crippen LogP contribution in [-0.2, 0) is 16.0 Å². The number of nitrogens with zero attached hydrogens (tertiary/aromatic N) is 4. The first-order valence-electron chi connectivity index (χ1n) is 16.6. The Kier molecular flexibility index (Phi) is 10.9. The Morgan fingerprint density at radius 1 is 0.918 bits per heavy atom. The summed E-state index contributed by atoms with van der Waals surface area (Å²) >= 11 is 0. The maximum atomic E-state index is 14.6. The highest BCUT2D eigenvalue weighted by Gasteiger charge is 2.53. The number of aliphatic hydroxyl groups is 2. The normalized spacial score (nSPS) is 21.6. The quantitative estimate of drug-likeness (QED) is 0.0422. The van der Waals surface area contributed by atoms with E-state index in [9.17, 15) is 15.4 Å². The van der Waals surface area contributed by atoms with E-state index >= 15 is 0 Å². The number of nitrogens with one attached hydrogen (secondary N) is 2. The molecule has 0 unspecified atom stereocenters. The molecule has 11 nitrogen and oxygen atoms in total. The highest BCUT2D eigenvalue weighted by molar-refractivity contribution is 6.01. The number of hydrogen-bond donors (Lipinski definition) is 4. The minimum absolute atomic E-state index is 0.00682. The number of rotatable bonds is 13. The number of hydrazine groups is 1. The van der Waals surface area contributed by atoms with Crippen LogP contribution in [0, 0.1) is 0 Å². The van der Waals surface area contributed by atoms with Crippen LogP contribution in [0.5, 0.6) is 5.75 Å². The molecule has 0 saturated heterocycles. The Balaban J connectivity index is 1.41. The molecular formula is C38H40N6O5. The third-order valence-corrected chi connectivity index (χ3v) is 9.04. The van der Waals surface area contributed by atoms with E-state index in [4.69, 9.17) is 19.6 Å². The summed E-state index contributed by atoms with van der Waals surface area (Å²) in [5.41, 5.74) is 18.5. The maximum Gasteiger partial charge on any atom is 0.266 e. The molecule has 0 aromatic heterocycles. The van der Waals surface area contributed by atoms with E-state index in [0.717, 1.165) is 29.5 Å². The standard InChI is InChI=1S/C38H40N6O5/c39-44-42-34-10-5-4-9-30(34)25-38(37(47)43-41-31-17-19-32(46)20-18-31)35(28-13-11-27(12-14-28)26-7-2-1-3-8-26)49-36(40-38)29-15-21-33(22-16-29)48-24-6-23-45/h1-5,7-16,21-22,31-32,35,41,45-46H,6,17-20,23-25H2,(H,43,47)/t31?,32?,35-,38-/m0/s1. The smallest absolute Gasteiger partial charge is 0.266 e. The molecule has 0 spiro atoms. The minimum Gasteiger partial charge on any atom is -0.494 e. The summed E-state index contributed by atoms with van der Waals surface area (Å²) in [4.78, 5) is 22.8. The molecular weight excluding hydrogens is 620 g/mol. The van der Waals surface area contributed by atoms with Gasteiger partial charge in [-0.25, -0.2) is 10.4 Å². The fourth-order valence-corrected chi connectivity index (χ4v) is 6.36. The number of amides is 1. The maximum absolute atomic E-state index is 14.6. The molecule has 11 heteroatoms. The Labute approximate surface area is 285 Å². The fraction of sp³-hybridized carbons (Fsp3) is 0.316. The lowest BCUT2D eigenvalue weighted by Crippen LogP contribution is -2.56. The second kappa shape index (κ2) is 15.8. The molecule has 1 fully saturated rings. The second-order valence-electron chi connectivity index (χ2n) is 12.4. The summed E-state index contributed by atoms with van der Waals surface area (Å²) in [5, 5.41) is 23.0. The molecule has 1 aliphatic heterocycles. The molecule has 2 atom stereocenters. The highest BCUT2D eigenvalue weighted by Crippen LogP contribution is 2.44. The van der Waals surface area contributed by atoms with Crippen LogP contribution in [0.4, 0.5) is 5.69 Å². The number of azide groups is 1. The molecule has 1 aliphatic carbocycles. The number of aliphatic imine (C=N–C) groups is 1. The Bertz CT molecular complexity index is 1790. The van der Waals surface area contributed by atoms with Gasteiger partial charge in [-0.15, -0.1) is 0 Å². The van der Waals surface area contributed by atoms with Crippen LogP contribution in [0.2, 0.25) is 0 Å². The largest absolute Gasteiger partial charge is 0.494 e. The zero-order valence-electron chi connectivity index (χ0n) is 27.1. The molecule has 2 aliphatic rings. The van der Waals surface area contributed by atoms with Gasteiger partial charge in [-0.3, -0.25) is 10.2 Å². The Morgan fingerprint density at radius 2 is 1.59 bits per heavy atom. The minimum atomic E-state index is -1.51. The molecule has 1 saturated carbocycles. The van der Waals surface area contributed by atoms with E-state index in [1.807, 2.05) is 78.9 Å². The summed E-state index contributed by atoms with van der Waals surface area (Å²) in [5.74, 6) is 0.527. The van der Waals surface area contributed by atoms with Crippen molar-refractivity contribution in [1.29, 1.82) is 0 Å². The van der Waals surface area contributed by atoms with Gasteiger partial charge in [0.2, 0.25) is 5.90 Å². The van der Waals surface area contributed by atoms with E-state index in [1.54, 1.807) is 24.3 Å². The number of aliphatic hydroxyl groups excluding tert-OH is 2. The van der Waals surface area contributed by atoms with Crippen molar-refractivity contribution in [3.8, 4) is 16.9 Å². The van der Waals surface area contributed by atoms with Gasteiger partial charge in [0.1, 0.15) is 5.75 Å². The van der Waals surface area contributed by atoms with E-state index in [1.165, 1.54) is 0 Å². The predicted molar refractivity (Wildman–Crippen MR) is 187 cm³/mol.